The Bertz CT molecular complexity index is 280. The monoisotopic (exact) mass is 247 g/mol. The van der Waals surface area contributed by atoms with Crippen molar-refractivity contribution in [3.63, 3.8) is 0 Å². The van der Waals surface area contributed by atoms with Crippen molar-refractivity contribution in [3.05, 3.63) is 28.5 Å². The third kappa shape index (κ3) is 2.97. The zero-order valence-corrected chi connectivity index (χ0v) is 8.68. The molecule has 0 spiro atoms. The number of ether oxygens (including phenoxy) is 1. The number of rotatable bonds is 4. The second-order valence-electron chi connectivity index (χ2n) is 2.54. The highest BCUT2D eigenvalue weighted by molar-refractivity contribution is 9.10. The molecule has 1 rings (SSSR count). The summed E-state index contributed by atoms with van der Waals surface area (Å²) in [5, 5.41) is 0. The molecule has 2 N–H and O–H groups in total. The molecule has 0 aliphatic carbocycles. The lowest BCUT2D eigenvalue weighted by Gasteiger charge is -2.06. The first kappa shape index (κ1) is 10.5. The lowest BCUT2D eigenvalue weighted by Crippen LogP contribution is -2.06. The van der Waals surface area contributed by atoms with E-state index in [1.165, 1.54) is 0 Å². The van der Waals surface area contributed by atoms with Crippen molar-refractivity contribution in [1.29, 1.82) is 0 Å². The highest BCUT2D eigenvalue weighted by Gasteiger charge is 2.05. The van der Waals surface area contributed by atoms with Crippen LogP contribution in [0.25, 0.3) is 0 Å². The predicted molar refractivity (Wildman–Crippen MR) is 53.3 cm³/mol. The normalized spacial score (nSPS) is 10.1. The third-order valence-corrected chi connectivity index (χ3v) is 2.13. The van der Waals surface area contributed by atoms with Gasteiger partial charge in [-0.1, -0.05) is 6.07 Å². The number of hydrogen-bond donors (Lipinski definition) is 1. The molecule has 0 fully saturated rings. The first-order valence-corrected chi connectivity index (χ1v) is 4.82. The van der Waals surface area contributed by atoms with E-state index in [4.69, 9.17) is 10.5 Å². The van der Waals surface area contributed by atoms with E-state index in [0.717, 1.165) is 6.42 Å². The van der Waals surface area contributed by atoms with Gasteiger partial charge in [0.25, 0.3) is 0 Å². The van der Waals surface area contributed by atoms with E-state index in [0.29, 0.717) is 17.6 Å². The minimum atomic E-state index is -0.362. The Hall–Kier alpha value is -0.610. The van der Waals surface area contributed by atoms with E-state index in [2.05, 4.69) is 15.9 Å². The molecule has 1 aromatic carbocycles. The van der Waals surface area contributed by atoms with Gasteiger partial charge in [-0.2, -0.15) is 0 Å². The molecule has 0 amide bonds. The van der Waals surface area contributed by atoms with Gasteiger partial charge in [-0.3, -0.25) is 0 Å². The zero-order chi connectivity index (χ0) is 9.68. The molecular weight excluding hydrogens is 237 g/mol. The van der Waals surface area contributed by atoms with Crippen molar-refractivity contribution in [2.75, 3.05) is 13.2 Å². The van der Waals surface area contributed by atoms with Crippen molar-refractivity contribution in [2.45, 2.75) is 6.42 Å². The summed E-state index contributed by atoms with van der Waals surface area (Å²) in [5.74, 6) is -0.0950. The summed E-state index contributed by atoms with van der Waals surface area (Å²) >= 11 is 3.08. The van der Waals surface area contributed by atoms with Crippen LogP contribution >= 0.6 is 15.9 Å². The first-order valence-electron chi connectivity index (χ1n) is 4.02. The van der Waals surface area contributed by atoms with Gasteiger partial charge >= 0.3 is 0 Å². The fraction of sp³-hybridized carbons (Fsp3) is 0.333. The Balaban J connectivity index is 2.61. The molecule has 2 nitrogen and oxygen atoms in total. The first-order chi connectivity index (χ1) is 6.25. The summed E-state index contributed by atoms with van der Waals surface area (Å²) in [4.78, 5) is 0. The van der Waals surface area contributed by atoms with Crippen molar-refractivity contribution < 1.29 is 9.13 Å². The maximum absolute atomic E-state index is 13.2. The van der Waals surface area contributed by atoms with Gasteiger partial charge in [-0.25, -0.2) is 4.39 Å². The number of hydrogen-bond acceptors (Lipinski definition) is 2. The average molecular weight is 248 g/mol. The van der Waals surface area contributed by atoms with Gasteiger partial charge in [-0.15, -0.1) is 0 Å². The number of halogens is 2. The van der Waals surface area contributed by atoms with E-state index in [9.17, 15) is 4.39 Å². The minimum Gasteiger partial charge on any atom is -0.490 e. The van der Waals surface area contributed by atoms with Crippen LogP contribution in [0.2, 0.25) is 0 Å². The molecule has 0 unspecified atom stereocenters. The highest BCUT2D eigenvalue weighted by Crippen LogP contribution is 2.24. The molecule has 72 valence electrons. The molecule has 1 aromatic rings. The number of benzene rings is 1. The Morgan fingerprint density at radius 1 is 1.46 bits per heavy atom. The number of nitrogens with two attached hydrogens (primary N) is 1. The summed E-state index contributed by atoms with van der Waals surface area (Å²) in [6, 6.07) is 4.95. The van der Waals surface area contributed by atoms with Crippen LogP contribution in [-0.4, -0.2) is 13.2 Å². The lowest BCUT2D eigenvalue weighted by atomic mass is 10.3. The summed E-state index contributed by atoms with van der Waals surface area (Å²) in [6.45, 7) is 0.999. The molecule has 0 aliphatic heterocycles. The van der Waals surface area contributed by atoms with Crippen molar-refractivity contribution >= 4 is 15.9 Å². The van der Waals surface area contributed by atoms with Crippen molar-refractivity contribution in [2.24, 2.45) is 5.73 Å². The van der Waals surface area contributed by atoms with E-state index >= 15 is 0 Å². The molecule has 0 aromatic heterocycles. The van der Waals surface area contributed by atoms with Crippen molar-refractivity contribution in [1.82, 2.24) is 0 Å². The molecule has 13 heavy (non-hydrogen) atoms. The van der Waals surface area contributed by atoms with Crippen LogP contribution in [0, 0.1) is 5.82 Å². The topological polar surface area (TPSA) is 35.2 Å². The van der Waals surface area contributed by atoms with Gasteiger partial charge in [0.15, 0.2) is 11.6 Å². The Morgan fingerprint density at radius 2 is 2.23 bits per heavy atom. The maximum Gasteiger partial charge on any atom is 0.179 e. The average Bonchev–Trinajstić information content (AvgIpc) is 2.13. The second-order valence-corrected chi connectivity index (χ2v) is 3.40. The second kappa shape index (κ2) is 5.19. The molecule has 0 saturated carbocycles. The van der Waals surface area contributed by atoms with Gasteiger partial charge in [0.05, 0.1) is 11.1 Å². The molecule has 0 aliphatic rings. The van der Waals surface area contributed by atoms with E-state index in [-0.39, 0.29) is 11.6 Å². The van der Waals surface area contributed by atoms with Crippen LogP contribution in [0.3, 0.4) is 0 Å². The molecule has 0 saturated heterocycles. The Kier molecular flexibility index (Phi) is 4.18. The van der Waals surface area contributed by atoms with Gasteiger partial charge in [0.1, 0.15) is 0 Å². The molecule has 0 bridgehead atoms. The third-order valence-electron chi connectivity index (χ3n) is 1.52. The maximum atomic E-state index is 13.2. The van der Waals surface area contributed by atoms with Crippen LogP contribution < -0.4 is 10.5 Å². The van der Waals surface area contributed by atoms with Crippen molar-refractivity contribution in [3.8, 4) is 5.75 Å². The fourth-order valence-corrected chi connectivity index (χ4v) is 1.21. The molecule has 0 heterocycles. The quantitative estimate of drug-likeness (QED) is 0.830. The summed E-state index contributed by atoms with van der Waals surface area (Å²) < 4.78 is 18.8. The van der Waals surface area contributed by atoms with E-state index in [1.807, 2.05) is 0 Å². The summed E-state index contributed by atoms with van der Waals surface area (Å²) in [5.41, 5.74) is 5.28. The van der Waals surface area contributed by atoms with Gasteiger partial charge in [0.2, 0.25) is 0 Å². The van der Waals surface area contributed by atoms with Crippen LogP contribution in [0.1, 0.15) is 6.42 Å². The Morgan fingerprint density at radius 3 is 2.92 bits per heavy atom. The summed E-state index contributed by atoms with van der Waals surface area (Å²) in [6.07, 6.45) is 0.728. The van der Waals surface area contributed by atoms with Crippen LogP contribution in [0.4, 0.5) is 4.39 Å². The fourth-order valence-electron chi connectivity index (χ4n) is 0.861. The molecule has 0 radical (unpaired) electrons. The van der Waals surface area contributed by atoms with Gasteiger partial charge in [-0.05, 0) is 41.0 Å². The van der Waals surface area contributed by atoms with Crippen LogP contribution in [-0.2, 0) is 0 Å². The molecular formula is C9H11BrFNO. The smallest absolute Gasteiger partial charge is 0.179 e. The van der Waals surface area contributed by atoms with E-state index in [1.54, 1.807) is 18.2 Å². The SMILES string of the molecule is NCCCOc1cccc(Br)c1F. The lowest BCUT2D eigenvalue weighted by molar-refractivity contribution is 0.297. The molecule has 0 atom stereocenters. The van der Waals surface area contributed by atoms with Gasteiger partial charge in [0, 0.05) is 0 Å². The molecule has 4 heteroatoms. The van der Waals surface area contributed by atoms with Crippen LogP contribution in [0.15, 0.2) is 22.7 Å². The standard InChI is InChI=1S/C9H11BrFNO/c10-7-3-1-4-8(9(7)11)13-6-2-5-12/h1,3-4H,2,5-6,12H2. The highest BCUT2D eigenvalue weighted by atomic mass is 79.9. The summed E-state index contributed by atoms with van der Waals surface area (Å²) in [7, 11) is 0. The van der Waals surface area contributed by atoms with Gasteiger partial charge < -0.3 is 10.5 Å². The van der Waals surface area contributed by atoms with Crippen LogP contribution in [0.5, 0.6) is 5.75 Å². The Labute approximate surface area is 85.0 Å². The zero-order valence-electron chi connectivity index (χ0n) is 7.09. The van der Waals surface area contributed by atoms with E-state index < -0.39 is 0 Å². The largest absolute Gasteiger partial charge is 0.490 e. The minimum absolute atomic E-state index is 0.267. The predicted octanol–water partition coefficient (Wildman–Crippen LogP) is 2.32.